The van der Waals surface area contributed by atoms with Crippen LogP contribution in [0.15, 0.2) is 47.5 Å². The molecule has 4 rings (SSSR count). The molecule has 0 bridgehead atoms. The van der Waals surface area contributed by atoms with E-state index in [4.69, 9.17) is 9.73 Å². The molecule has 1 fully saturated rings. The second kappa shape index (κ2) is 7.52. The van der Waals surface area contributed by atoms with Crippen molar-refractivity contribution in [1.29, 1.82) is 0 Å². The number of carboxylic acids is 1. The average Bonchev–Trinajstić information content (AvgIpc) is 2.84. The summed E-state index contributed by atoms with van der Waals surface area (Å²) >= 11 is 0. The number of piperazine rings is 1. The summed E-state index contributed by atoms with van der Waals surface area (Å²) < 4.78 is 6.20. The first-order valence-electron chi connectivity index (χ1n) is 10.0. The molecule has 6 heteroatoms. The lowest BCUT2D eigenvalue weighted by Crippen LogP contribution is -2.52. The van der Waals surface area contributed by atoms with Gasteiger partial charge in [0.2, 0.25) is 0 Å². The van der Waals surface area contributed by atoms with Gasteiger partial charge in [0.25, 0.3) is 0 Å². The highest BCUT2D eigenvalue weighted by Gasteiger charge is 2.32. The maximum Gasteiger partial charge on any atom is 0.310 e. The molecule has 1 saturated heterocycles. The fourth-order valence-electron chi connectivity index (χ4n) is 3.81. The minimum Gasteiger partial charge on any atom is -0.481 e. The summed E-state index contributed by atoms with van der Waals surface area (Å²) in [6, 6.07) is 14.1. The van der Waals surface area contributed by atoms with Crippen LogP contribution in [0.4, 0.5) is 5.69 Å². The van der Waals surface area contributed by atoms with Gasteiger partial charge in [-0.3, -0.25) is 9.69 Å². The van der Waals surface area contributed by atoms with Crippen LogP contribution in [0.5, 0.6) is 11.5 Å². The van der Waals surface area contributed by atoms with Gasteiger partial charge in [0.05, 0.1) is 11.0 Å². The number of hydrogen-bond acceptors (Lipinski definition) is 5. The first-order valence-corrected chi connectivity index (χ1v) is 10.0. The van der Waals surface area contributed by atoms with E-state index >= 15 is 0 Å². The number of aliphatic carboxylic acids is 1. The number of benzene rings is 2. The SMILES string of the molecule is Cc1ccc2c(c1)Oc1ccccc1N=C2N1CCN(CC(C)(C)C(=O)O)CC1. The van der Waals surface area contributed by atoms with Crippen molar-refractivity contribution < 1.29 is 14.6 Å². The van der Waals surface area contributed by atoms with Crippen LogP contribution >= 0.6 is 0 Å². The van der Waals surface area contributed by atoms with Crippen LogP contribution in [0.1, 0.15) is 25.0 Å². The number of fused-ring (bicyclic) bond motifs is 2. The van der Waals surface area contributed by atoms with Crippen LogP contribution in [-0.4, -0.2) is 59.4 Å². The zero-order chi connectivity index (χ0) is 20.6. The van der Waals surface area contributed by atoms with Gasteiger partial charge in [-0.05, 0) is 50.6 Å². The van der Waals surface area contributed by atoms with E-state index < -0.39 is 11.4 Å². The van der Waals surface area contributed by atoms with Gasteiger partial charge >= 0.3 is 5.97 Å². The molecule has 152 valence electrons. The molecule has 0 unspecified atom stereocenters. The van der Waals surface area contributed by atoms with E-state index in [0.29, 0.717) is 6.54 Å². The summed E-state index contributed by atoms with van der Waals surface area (Å²) in [5.41, 5.74) is 2.21. The van der Waals surface area contributed by atoms with Crippen LogP contribution in [0, 0.1) is 12.3 Å². The molecule has 1 N–H and O–H groups in total. The van der Waals surface area contributed by atoms with E-state index in [0.717, 1.165) is 60.3 Å². The fourth-order valence-corrected chi connectivity index (χ4v) is 3.81. The minimum absolute atomic E-state index is 0.546. The molecule has 0 radical (unpaired) electrons. The number of para-hydroxylation sites is 2. The van der Waals surface area contributed by atoms with Crippen molar-refractivity contribution in [3.63, 3.8) is 0 Å². The number of aliphatic imine (C=N–C) groups is 1. The molecule has 2 aliphatic heterocycles. The van der Waals surface area contributed by atoms with Gasteiger partial charge in [0, 0.05) is 32.7 Å². The van der Waals surface area contributed by atoms with E-state index in [9.17, 15) is 9.90 Å². The predicted molar refractivity (Wildman–Crippen MR) is 113 cm³/mol. The Bertz CT molecular complexity index is 960. The molecule has 0 aliphatic carbocycles. The number of aryl methyl sites for hydroxylation is 1. The monoisotopic (exact) mass is 393 g/mol. The minimum atomic E-state index is -0.758. The van der Waals surface area contributed by atoms with Gasteiger partial charge in [-0.2, -0.15) is 0 Å². The molecule has 2 aromatic carbocycles. The topological polar surface area (TPSA) is 65.4 Å². The quantitative estimate of drug-likeness (QED) is 0.857. The maximum atomic E-state index is 11.5. The summed E-state index contributed by atoms with van der Waals surface area (Å²) in [5.74, 6) is 1.74. The van der Waals surface area contributed by atoms with Crippen molar-refractivity contribution in [2.45, 2.75) is 20.8 Å². The molecule has 0 saturated carbocycles. The molecule has 0 spiro atoms. The zero-order valence-electron chi connectivity index (χ0n) is 17.2. The predicted octanol–water partition coefficient (Wildman–Crippen LogP) is 3.91. The zero-order valence-corrected chi connectivity index (χ0v) is 17.2. The Hall–Kier alpha value is -2.86. The molecule has 2 aromatic rings. The first kappa shape index (κ1) is 19.5. The summed E-state index contributed by atoms with van der Waals surface area (Å²) in [7, 11) is 0. The fraction of sp³-hybridized carbons (Fsp3) is 0.391. The van der Waals surface area contributed by atoms with Crippen molar-refractivity contribution in [2.24, 2.45) is 10.4 Å². The lowest BCUT2D eigenvalue weighted by atomic mass is 9.93. The third-order valence-corrected chi connectivity index (χ3v) is 5.56. The molecular formula is C23H27N3O3. The van der Waals surface area contributed by atoms with Gasteiger partial charge in [0.15, 0.2) is 5.75 Å². The highest BCUT2D eigenvalue weighted by molar-refractivity contribution is 6.03. The van der Waals surface area contributed by atoms with Crippen molar-refractivity contribution >= 4 is 17.5 Å². The maximum absolute atomic E-state index is 11.5. The molecule has 29 heavy (non-hydrogen) atoms. The second-order valence-corrected chi connectivity index (χ2v) is 8.46. The largest absolute Gasteiger partial charge is 0.481 e. The van der Waals surface area contributed by atoms with Crippen LogP contribution in [0.3, 0.4) is 0 Å². The number of amidine groups is 1. The van der Waals surface area contributed by atoms with Gasteiger partial charge in [-0.1, -0.05) is 18.2 Å². The van der Waals surface area contributed by atoms with E-state index in [2.05, 4.69) is 34.9 Å². The first-order chi connectivity index (χ1) is 13.8. The summed E-state index contributed by atoms with van der Waals surface area (Å²) in [5, 5.41) is 9.41. The number of ether oxygens (including phenoxy) is 1. The van der Waals surface area contributed by atoms with Gasteiger partial charge in [-0.15, -0.1) is 0 Å². The van der Waals surface area contributed by atoms with Gasteiger partial charge in [0.1, 0.15) is 17.3 Å². The Labute approximate surface area is 171 Å². The number of hydrogen-bond donors (Lipinski definition) is 1. The van der Waals surface area contributed by atoms with Gasteiger partial charge < -0.3 is 14.7 Å². The Morgan fingerprint density at radius 2 is 1.83 bits per heavy atom. The molecule has 0 amide bonds. The lowest BCUT2D eigenvalue weighted by molar-refractivity contribution is -0.148. The summed E-state index contributed by atoms with van der Waals surface area (Å²) in [6.45, 7) is 9.37. The van der Waals surface area contributed by atoms with E-state index in [1.54, 1.807) is 13.8 Å². The van der Waals surface area contributed by atoms with Crippen molar-refractivity contribution in [3.8, 4) is 11.5 Å². The molecule has 6 nitrogen and oxygen atoms in total. The standard InChI is InChI=1S/C23H27N3O3/c1-16-8-9-17-20(14-16)29-19-7-5-4-6-18(19)24-21(17)26-12-10-25(11-13-26)15-23(2,3)22(27)28/h4-9,14H,10-13,15H2,1-3H3,(H,27,28). The highest BCUT2D eigenvalue weighted by Crippen LogP contribution is 2.38. The molecule has 2 heterocycles. The molecule has 0 atom stereocenters. The van der Waals surface area contributed by atoms with E-state index in [1.807, 2.05) is 24.3 Å². The normalized spacial score (nSPS) is 16.9. The number of carbonyl (C=O) groups is 1. The van der Waals surface area contributed by atoms with Crippen molar-refractivity contribution in [1.82, 2.24) is 9.80 Å². The highest BCUT2D eigenvalue weighted by atomic mass is 16.5. The van der Waals surface area contributed by atoms with Crippen LogP contribution in [0.25, 0.3) is 0 Å². The smallest absolute Gasteiger partial charge is 0.310 e. The van der Waals surface area contributed by atoms with Crippen molar-refractivity contribution in [2.75, 3.05) is 32.7 Å². The Kier molecular flexibility index (Phi) is 5.04. The molecule has 2 aliphatic rings. The Morgan fingerprint density at radius 1 is 1.10 bits per heavy atom. The average molecular weight is 393 g/mol. The third kappa shape index (κ3) is 3.98. The Morgan fingerprint density at radius 3 is 2.55 bits per heavy atom. The van der Waals surface area contributed by atoms with Crippen LogP contribution < -0.4 is 4.74 Å². The Balaban J connectivity index is 1.60. The van der Waals surface area contributed by atoms with Crippen LogP contribution in [0.2, 0.25) is 0 Å². The number of carboxylic acid groups (broad SMARTS) is 1. The third-order valence-electron chi connectivity index (χ3n) is 5.56. The second-order valence-electron chi connectivity index (χ2n) is 8.46. The van der Waals surface area contributed by atoms with Crippen LogP contribution in [-0.2, 0) is 4.79 Å². The number of nitrogens with zero attached hydrogens (tertiary/aromatic N) is 3. The lowest BCUT2D eigenvalue weighted by Gasteiger charge is -2.39. The molecular weight excluding hydrogens is 366 g/mol. The van der Waals surface area contributed by atoms with E-state index in [-0.39, 0.29) is 0 Å². The van der Waals surface area contributed by atoms with Crippen molar-refractivity contribution in [3.05, 3.63) is 53.6 Å². The summed E-state index contributed by atoms with van der Waals surface area (Å²) in [6.07, 6.45) is 0. The summed E-state index contributed by atoms with van der Waals surface area (Å²) in [4.78, 5) is 20.9. The molecule has 0 aromatic heterocycles. The number of rotatable bonds is 3. The van der Waals surface area contributed by atoms with Gasteiger partial charge in [-0.25, -0.2) is 4.99 Å². The van der Waals surface area contributed by atoms with E-state index in [1.165, 1.54) is 0 Å².